The van der Waals surface area contributed by atoms with Crippen LogP contribution in [0.4, 0.5) is 5.69 Å². The van der Waals surface area contributed by atoms with Crippen molar-refractivity contribution in [1.82, 2.24) is 9.79 Å². The molecule has 152 valence electrons. The fraction of sp³-hybridized carbons (Fsp3) is 0.200. The molecule has 0 aromatic heterocycles. The zero-order valence-corrected chi connectivity index (χ0v) is 17.1. The molecule has 2 rings (SSSR count). The predicted octanol–water partition coefficient (Wildman–Crippen LogP) is 1.24. The third-order valence-electron chi connectivity index (χ3n) is 4.12. The van der Waals surface area contributed by atoms with Gasteiger partial charge in [-0.1, -0.05) is 22.5 Å². The van der Waals surface area contributed by atoms with E-state index in [4.69, 9.17) is 11.3 Å². The fourth-order valence-corrected chi connectivity index (χ4v) is 3.48. The molecule has 0 bridgehead atoms. The van der Waals surface area contributed by atoms with Gasteiger partial charge in [-0.15, -0.1) is 6.42 Å². The highest BCUT2D eigenvalue weighted by atomic mass is 32.2. The Labute approximate surface area is 170 Å². The first-order chi connectivity index (χ1) is 13.7. The lowest BCUT2D eigenvalue weighted by atomic mass is 10.1. The average Bonchev–Trinajstić information content (AvgIpc) is 2.76. The summed E-state index contributed by atoms with van der Waals surface area (Å²) in [6, 6.07) is 12.1. The van der Waals surface area contributed by atoms with Crippen molar-refractivity contribution in [1.29, 1.82) is 0 Å². The minimum absolute atomic E-state index is 0.0885. The first-order valence-electron chi connectivity index (χ1n) is 8.46. The SMILES string of the molecule is C#Cc1cccc(N(CC(=O)NC)C(=O)c2cccc(S(=O)(=O)N(C)OC)c2)c1. The molecule has 8 nitrogen and oxygen atoms in total. The number of anilines is 1. The topological polar surface area (TPSA) is 96.0 Å². The third kappa shape index (κ3) is 5.00. The molecule has 0 aliphatic carbocycles. The molecule has 0 radical (unpaired) electrons. The van der Waals surface area contributed by atoms with Crippen LogP contribution >= 0.6 is 0 Å². The van der Waals surface area contributed by atoms with Crippen molar-refractivity contribution in [2.75, 3.05) is 32.6 Å². The maximum atomic E-state index is 13.2. The Bertz CT molecular complexity index is 1060. The summed E-state index contributed by atoms with van der Waals surface area (Å²) in [6.45, 7) is -0.266. The van der Waals surface area contributed by atoms with Gasteiger partial charge in [0, 0.05) is 30.9 Å². The van der Waals surface area contributed by atoms with E-state index in [1.165, 1.54) is 50.4 Å². The number of benzene rings is 2. The number of amides is 2. The summed E-state index contributed by atoms with van der Waals surface area (Å²) < 4.78 is 25.6. The quantitative estimate of drug-likeness (QED) is 0.542. The van der Waals surface area contributed by atoms with Crippen molar-refractivity contribution in [3.8, 4) is 12.3 Å². The molecule has 1 N–H and O–H groups in total. The van der Waals surface area contributed by atoms with Crippen LogP contribution in [0, 0.1) is 12.3 Å². The number of nitrogens with one attached hydrogen (secondary N) is 1. The van der Waals surface area contributed by atoms with E-state index >= 15 is 0 Å². The molecular weight excluding hydrogens is 394 g/mol. The van der Waals surface area contributed by atoms with Crippen LogP contribution in [0.1, 0.15) is 15.9 Å². The van der Waals surface area contributed by atoms with Gasteiger partial charge in [-0.25, -0.2) is 8.42 Å². The van der Waals surface area contributed by atoms with E-state index < -0.39 is 21.8 Å². The Morgan fingerprint density at radius 1 is 1.17 bits per heavy atom. The largest absolute Gasteiger partial charge is 0.358 e. The van der Waals surface area contributed by atoms with Crippen LogP contribution in [0.3, 0.4) is 0 Å². The lowest BCUT2D eigenvalue weighted by Crippen LogP contribution is -2.40. The van der Waals surface area contributed by atoms with Crippen molar-refractivity contribution < 1.29 is 22.8 Å². The van der Waals surface area contributed by atoms with Gasteiger partial charge in [0.2, 0.25) is 5.91 Å². The number of likely N-dealkylation sites (N-methyl/N-ethyl adjacent to an activating group) is 1. The highest BCUT2D eigenvalue weighted by Gasteiger charge is 2.25. The van der Waals surface area contributed by atoms with E-state index in [1.54, 1.807) is 24.3 Å². The summed E-state index contributed by atoms with van der Waals surface area (Å²) in [5.41, 5.74) is 1.04. The van der Waals surface area contributed by atoms with Gasteiger partial charge >= 0.3 is 0 Å². The molecule has 9 heteroatoms. The van der Waals surface area contributed by atoms with Crippen molar-refractivity contribution in [2.45, 2.75) is 4.90 Å². The van der Waals surface area contributed by atoms with Gasteiger partial charge in [-0.3, -0.25) is 19.3 Å². The zero-order chi connectivity index (χ0) is 21.6. The molecule has 0 aliphatic heterocycles. The standard InChI is InChI=1S/C20H21N3O5S/c1-5-15-8-6-10-17(12-15)23(14-19(24)21-2)20(25)16-9-7-11-18(13-16)29(26,27)22(3)28-4/h1,6-13H,14H2,2-4H3,(H,21,24). The van der Waals surface area contributed by atoms with Crippen molar-refractivity contribution >= 4 is 27.5 Å². The molecule has 0 saturated carbocycles. The smallest absolute Gasteiger partial charge is 0.264 e. The number of nitrogens with zero attached hydrogens (tertiary/aromatic N) is 2. The van der Waals surface area contributed by atoms with Crippen molar-refractivity contribution in [3.63, 3.8) is 0 Å². The van der Waals surface area contributed by atoms with Crippen LogP contribution in [0.5, 0.6) is 0 Å². The maximum absolute atomic E-state index is 13.2. The van der Waals surface area contributed by atoms with Crippen molar-refractivity contribution in [2.24, 2.45) is 0 Å². The average molecular weight is 415 g/mol. The second-order valence-corrected chi connectivity index (χ2v) is 7.82. The number of hydrogen-bond acceptors (Lipinski definition) is 5. The number of hydroxylamine groups is 1. The maximum Gasteiger partial charge on any atom is 0.264 e. The Morgan fingerprint density at radius 3 is 2.48 bits per heavy atom. The first-order valence-corrected chi connectivity index (χ1v) is 9.90. The number of carbonyl (C=O) groups excluding carboxylic acids is 2. The summed E-state index contributed by atoms with van der Waals surface area (Å²) in [5, 5.41) is 2.47. The number of sulfonamides is 1. The van der Waals surface area contributed by atoms with E-state index in [2.05, 4.69) is 11.2 Å². The van der Waals surface area contributed by atoms with Gasteiger partial charge in [-0.05, 0) is 36.4 Å². The second-order valence-electron chi connectivity index (χ2n) is 5.88. The van der Waals surface area contributed by atoms with Gasteiger partial charge < -0.3 is 5.32 Å². The number of carbonyl (C=O) groups is 2. The molecule has 2 aromatic carbocycles. The Hall–Kier alpha value is -3.19. The minimum Gasteiger partial charge on any atom is -0.358 e. The van der Waals surface area contributed by atoms with Crippen LogP contribution in [0.25, 0.3) is 0 Å². The monoisotopic (exact) mass is 415 g/mol. The molecule has 0 spiro atoms. The van der Waals surface area contributed by atoms with Gasteiger partial charge in [-0.2, -0.15) is 0 Å². The lowest BCUT2D eigenvalue weighted by Gasteiger charge is -2.23. The number of terminal acetylenes is 1. The Kier molecular flexibility index (Phi) is 7.12. The lowest BCUT2D eigenvalue weighted by molar-refractivity contribution is -0.119. The molecule has 2 aromatic rings. The molecule has 0 saturated heterocycles. The first kappa shape index (κ1) is 22.1. The van der Waals surface area contributed by atoms with E-state index in [1.807, 2.05) is 0 Å². The Morgan fingerprint density at radius 2 is 1.86 bits per heavy atom. The van der Waals surface area contributed by atoms with E-state index in [-0.39, 0.29) is 17.0 Å². The normalized spacial score (nSPS) is 11.0. The summed E-state index contributed by atoms with van der Waals surface area (Å²) >= 11 is 0. The zero-order valence-electron chi connectivity index (χ0n) is 16.2. The highest BCUT2D eigenvalue weighted by Crippen LogP contribution is 2.21. The molecule has 0 atom stereocenters. The van der Waals surface area contributed by atoms with Gasteiger partial charge in [0.1, 0.15) is 6.54 Å². The van der Waals surface area contributed by atoms with E-state index in [0.29, 0.717) is 15.7 Å². The third-order valence-corrected chi connectivity index (χ3v) is 5.80. The van der Waals surface area contributed by atoms with Gasteiger partial charge in [0.25, 0.3) is 15.9 Å². The summed E-state index contributed by atoms with van der Waals surface area (Å²) in [4.78, 5) is 31.0. The van der Waals surface area contributed by atoms with E-state index in [0.717, 1.165) is 0 Å². The predicted molar refractivity (Wildman–Crippen MR) is 109 cm³/mol. The molecule has 0 aliphatic rings. The summed E-state index contributed by atoms with van der Waals surface area (Å²) in [5.74, 6) is 1.53. The van der Waals surface area contributed by atoms with Crippen LogP contribution in [-0.2, 0) is 19.7 Å². The van der Waals surface area contributed by atoms with E-state index in [9.17, 15) is 18.0 Å². The van der Waals surface area contributed by atoms with Gasteiger partial charge in [0.05, 0.1) is 12.0 Å². The molecular formula is C20H21N3O5S. The van der Waals surface area contributed by atoms with Crippen molar-refractivity contribution in [3.05, 3.63) is 59.7 Å². The molecule has 29 heavy (non-hydrogen) atoms. The Balaban J connectivity index is 2.50. The number of rotatable bonds is 7. The molecule has 0 unspecified atom stereocenters. The molecule has 0 heterocycles. The van der Waals surface area contributed by atoms with Crippen LogP contribution in [0.2, 0.25) is 0 Å². The molecule has 0 fully saturated rings. The van der Waals surface area contributed by atoms with Gasteiger partial charge in [0.15, 0.2) is 0 Å². The van der Waals surface area contributed by atoms with Crippen LogP contribution in [0.15, 0.2) is 53.4 Å². The van der Waals surface area contributed by atoms with Crippen LogP contribution in [-0.4, -0.2) is 52.5 Å². The number of hydrogen-bond donors (Lipinski definition) is 1. The summed E-state index contributed by atoms with van der Waals surface area (Å²) in [6.07, 6.45) is 5.43. The minimum atomic E-state index is -3.94. The second kappa shape index (κ2) is 9.34. The highest BCUT2D eigenvalue weighted by molar-refractivity contribution is 7.89. The fourth-order valence-electron chi connectivity index (χ4n) is 2.46. The summed E-state index contributed by atoms with van der Waals surface area (Å²) in [7, 11) is -0.0228. The molecule has 2 amide bonds. The van der Waals surface area contributed by atoms with Crippen LogP contribution < -0.4 is 10.2 Å².